The van der Waals surface area contributed by atoms with Gasteiger partial charge in [0.25, 0.3) is 0 Å². The number of halogens is 2. The van der Waals surface area contributed by atoms with Crippen molar-refractivity contribution in [2.75, 3.05) is 18.8 Å². The SMILES string of the molecule is Cl.NCCCN(Cc1ccccc1)C(=O)CS(=O)(=O)c1ccc(Cl)cc1. The van der Waals surface area contributed by atoms with Crippen LogP contribution in [0.2, 0.25) is 5.02 Å². The molecule has 0 atom stereocenters. The maximum atomic E-state index is 12.6. The van der Waals surface area contributed by atoms with Crippen LogP contribution in [-0.4, -0.2) is 38.1 Å². The lowest BCUT2D eigenvalue weighted by molar-refractivity contribution is -0.129. The van der Waals surface area contributed by atoms with Gasteiger partial charge in [0, 0.05) is 18.1 Å². The van der Waals surface area contributed by atoms with E-state index >= 15 is 0 Å². The second-order valence-electron chi connectivity index (χ2n) is 5.66. The number of amides is 1. The van der Waals surface area contributed by atoms with Crippen LogP contribution in [0.15, 0.2) is 59.5 Å². The van der Waals surface area contributed by atoms with E-state index in [1.807, 2.05) is 30.3 Å². The predicted molar refractivity (Wildman–Crippen MR) is 106 cm³/mol. The Balaban J connectivity index is 0.00000338. The molecule has 26 heavy (non-hydrogen) atoms. The van der Waals surface area contributed by atoms with Crippen molar-refractivity contribution in [3.8, 4) is 0 Å². The number of nitrogens with two attached hydrogens (primary N) is 1. The van der Waals surface area contributed by atoms with Crippen LogP contribution in [-0.2, 0) is 21.2 Å². The van der Waals surface area contributed by atoms with Crippen LogP contribution in [0, 0.1) is 0 Å². The first kappa shape index (κ1) is 22.4. The molecule has 0 aliphatic carbocycles. The van der Waals surface area contributed by atoms with Crippen LogP contribution in [0.1, 0.15) is 12.0 Å². The highest BCUT2D eigenvalue weighted by atomic mass is 35.5. The van der Waals surface area contributed by atoms with Crippen molar-refractivity contribution in [3.63, 3.8) is 0 Å². The molecule has 0 heterocycles. The summed E-state index contributed by atoms with van der Waals surface area (Å²) in [5, 5.41) is 0.443. The van der Waals surface area contributed by atoms with E-state index in [0.29, 0.717) is 31.1 Å². The minimum atomic E-state index is -3.72. The van der Waals surface area contributed by atoms with Gasteiger partial charge < -0.3 is 10.6 Å². The van der Waals surface area contributed by atoms with Crippen LogP contribution < -0.4 is 5.73 Å². The lowest BCUT2D eigenvalue weighted by atomic mass is 10.2. The van der Waals surface area contributed by atoms with Crippen molar-refractivity contribution in [2.45, 2.75) is 17.9 Å². The fourth-order valence-corrected chi connectivity index (χ4v) is 3.71. The molecule has 1 amide bonds. The fraction of sp³-hybridized carbons (Fsp3) is 0.278. The zero-order chi connectivity index (χ0) is 18.3. The minimum absolute atomic E-state index is 0. The minimum Gasteiger partial charge on any atom is -0.337 e. The Morgan fingerprint density at radius 3 is 2.23 bits per heavy atom. The van der Waals surface area contributed by atoms with Crippen LogP contribution in [0.25, 0.3) is 0 Å². The van der Waals surface area contributed by atoms with Gasteiger partial charge in [0.05, 0.1) is 4.90 Å². The van der Waals surface area contributed by atoms with E-state index in [9.17, 15) is 13.2 Å². The van der Waals surface area contributed by atoms with E-state index < -0.39 is 21.5 Å². The standard InChI is InChI=1S/C18H21ClN2O3S.ClH/c19-16-7-9-17(10-8-16)25(23,24)14-18(22)21(12-4-11-20)13-15-5-2-1-3-6-15;/h1-3,5-10H,4,11-14,20H2;1H. The Morgan fingerprint density at radius 1 is 1.04 bits per heavy atom. The summed E-state index contributed by atoms with van der Waals surface area (Å²) in [6.07, 6.45) is 0.611. The molecule has 0 radical (unpaired) electrons. The number of rotatable bonds is 8. The molecule has 0 aliphatic heterocycles. The van der Waals surface area contributed by atoms with Crippen LogP contribution >= 0.6 is 24.0 Å². The maximum absolute atomic E-state index is 12.6. The van der Waals surface area contributed by atoms with Gasteiger partial charge in [-0.15, -0.1) is 12.4 Å². The van der Waals surface area contributed by atoms with Crippen molar-refractivity contribution >= 4 is 39.8 Å². The summed E-state index contributed by atoms with van der Waals surface area (Å²) in [7, 11) is -3.72. The second-order valence-corrected chi connectivity index (χ2v) is 8.08. The monoisotopic (exact) mass is 416 g/mol. The molecule has 0 aliphatic rings. The topological polar surface area (TPSA) is 80.5 Å². The van der Waals surface area contributed by atoms with Crippen molar-refractivity contribution in [1.29, 1.82) is 0 Å². The summed E-state index contributed by atoms with van der Waals surface area (Å²) in [6, 6.07) is 15.3. The molecule has 0 saturated carbocycles. The molecule has 0 aromatic heterocycles. The average molecular weight is 417 g/mol. The molecule has 0 bridgehead atoms. The number of hydrogen-bond donors (Lipinski definition) is 1. The molecule has 5 nitrogen and oxygen atoms in total. The van der Waals surface area contributed by atoms with Gasteiger partial charge in [0.1, 0.15) is 5.75 Å². The van der Waals surface area contributed by atoms with Gasteiger partial charge in [0.15, 0.2) is 9.84 Å². The van der Waals surface area contributed by atoms with Crippen molar-refractivity contribution in [3.05, 3.63) is 65.2 Å². The van der Waals surface area contributed by atoms with Crippen molar-refractivity contribution in [1.82, 2.24) is 4.90 Å². The molecule has 2 aromatic rings. The Bertz CT molecular complexity index is 797. The van der Waals surface area contributed by atoms with E-state index in [4.69, 9.17) is 17.3 Å². The van der Waals surface area contributed by atoms with E-state index in [1.54, 1.807) is 0 Å². The number of carbonyl (C=O) groups is 1. The van der Waals surface area contributed by atoms with Crippen molar-refractivity contribution in [2.24, 2.45) is 5.73 Å². The number of hydrogen-bond acceptors (Lipinski definition) is 4. The Morgan fingerprint density at radius 2 is 1.65 bits per heavy atom. The quantitative estimate of drug-likeness (QED) is 0.716. The largest absolute Gasteiger partial charge is 0.337 e. The summed E-state index contributed by atoms with van der Waals surface area (Å²) < 4.78 is 24.9. The van der Waals surface area contributed by atoms with Crippen LogP contribution in [0.3, 0.4) is 0 Å². The van der Waals surface area contributed by atoms with Gasteiger partial charge in [-0.3, -0.25) is 4.79 Å². The molecular weight excluding hydrogens is 395 g/mol. The highest BCUT2D eigenvalue weighted by Crippen LogP contribution is 2.16. The van der Waals surface area contributed by atoms with E-state index in [-0.39, 0.29) is 17.3 Å². The zero-order valence-electron chi connectivity index (χ0n) is 14.2. The molecule has 0 unspecified atom stereocenters. The fourth-order valence-electron chi connectivity index (χ4n) is 2.36. The van der Waals surface area contributed by atoms with Gasteiger partial charge in [-0.1, -0.05) is 41.9 Å². The third kappa shape index (κ3) is 6.61. The van der Waals surface area contributed by atoms with Crippen LogP contribution in [0.5, 0.6) is 0 Å². The molecule has 0 spiro atoms. The third-order valence-corrected chi connectivity index (χ3v) is 5.56. The van der Waals surface area contributed by atoms with Gasteiger partial charge in [-0.2, -0.15) is 0 Å². The normalized spacial score (nSPS) is 10.8. The lowest BCUT2D eigenvalue weighted by Crippen LogP contribution is -2.36. The Hall–Kier alpha value is -1.60. The number of nitrogens with zero attached hydrogens (tertiary/aromatic N) is 1. The summed E-state index contributed by atoms with van der Waals surface area (Å²) >= 11 is 5.78. The van der Waals surface area contributed by atoms with E-state index in [0.717, 1.165) is 5.56 Å². The first-order valence-electron chi connectivity index (χ1n) is 7.92. The summed E-state index contributed by atoms with van der Waals surface area (Å²) in [6.45, 7) is 1.21. The van der Waals surface area contributed by atoms with Gasteiger partial charge >= 0.3 is 0 Å². The molecule has 8 heteroatoms. The molecule has 0 saturated heterocycles. The molecule has 0 fully saturated rings. The molecule has 2 rings (SSSR count). The second kappa shape index (κ2) is 10.5. The smallest absolute Gasteiger partial charge is 0.238 e. The number of benzene rings is 2. The highest BCUT2D eigenvalue weighted by molar-refractivity contribution is 7.92. The summed E-state index contributed by atoms with van der Waals surface area (Å²) in [5.74, 6) is -1.02. The van der Waals surface area contributed by atoms with Crippen molar-refractivity contribution < 1.29 is 13.2 Å². The highest BCUT2D eigenvalue weighted by Gasteiger charge is 2.23. The molecular formula is C18H22Cl2N2O3S. The lowest BCUT2D eigenvalue weighted by Gasteiger charge is -2.22. The summed E-state index contributed by atoms with van der Waals surface area (Å²) in [4.78, 5) is 14.2. The van der Waals surface area contributed by atoms with Gasteiger partial charge in [-0.05, 0) is 42.8 Å². The van der Waals surface area contributed by atoms with Crippen LogP contribution in [0.4, 0.5) is 0 Å². The maximum Gasteiger partial charge on any atom is 0.238 e. The zero-order valence-corrected chi connectivity index (χ0v) is 16.6. The Kier molecular flexibility index (Phi) is 9.08. The van der Waals surface area contributed by atoms with Gasteiger partial charge in [-0.25, -0.2) is 8.42 Å². The third-order valence-electron chi connectivity index (χ3n) is 3.69. The number of carbonyl (C=O) groups excluding carboxylic acids is 1. The molecule has 142 valence electrons. The molecule has 2 N–H and O–H groups in total. The predicted octanol–water partition coefficient (Wildman–Crippen LogP) is 2.91. The summed E-state index contributed by atoms with van der Waals surface area (Å²) in [5.41, 5.74) is 6.48. The Labute approximate surface area is 165 Å². The first-order valence-corrected chi connectivity index (χ1v) is 9.95. The average Bonchev–Trinajstić information content (AvgIpc) is 2.59. The number of sulfone groups is 1. The van der Waals surface area contributed by atoms with E-state index in [2.05, 4.69) is 0 Å². The van der Waals surface area contributed by atoms with E-state index in [1.165, 1.54) is 29.2 Å². The first-order chi connectivity index (χ1) is 11.9. The molecule has 2 aromatic carbocycles. The van der Waals surface area contributed by atoms with Gasteiger partial charge in [0.2, 0.25) is 5.91 Å².